The Morgan fingerprint density at radius 2 is 1.49 bits per heavy atom. The van der Waals surface area contributed by atoms with Gasteiger partial charge in [-0.05, 0) is 40.7 Å². The molecule has 2 aromatic rings. The molecule has 204 valence electrons. The van der Waals surface area contributed by atoms with Crippen molar-refractivity contribution < 1.29 is 18.9 Å². The van der Waals surface area contributed by atoms with Gasteiger partial charge in [0.1, 0.15) is 6.54 Å². The fraction of sp³-hybridized carbons (Fsp3) is 0.406. The molecule has 0 saturated carbocycles. The molecule has 3 amide bonds. The van der Waals surface area contributed by atoms with Gasteiger partial charge in [-0.3, -0.25) is 19.0 Å². The number of nitrogens with two attached hydrogens (primary N) is 1. The zero-order valence-corrected chi connectivity index (χ0v) is 22.8. The fourth-order valence-corrected chi connectivity index (χ4v) is 6.39. The number of fused-ring (bicyclic) bond motifs is 2. The van der Waals surface area contributed by atoms with E-state index in [1.54, 1.807) is 0 Å². The first-order chi connectivity index (χ1) is 18.9. The molecule has 0 spiro atoms. The summed E-state index contributed by atoms with van der Waals surface area (Å²) in [6, 6.07) is 17.3. The first-order valence-corrected chi connectivity index (χ1v) is 14.1. The molecule has 0 aromatic heterocycles. The predicted octanol–water partition coefficient (Wildman–Crippen LogP) is 3.44. The lowest BCUT2D eigenvalue weighted by Gasteiger charge is -2.42. The average molecular weight is 528 g/mol. The van der Waals surface area contributed by atoms with Crippen LogP contribution >= 0.6 is 0 Å². The molecule has 2 fully saturated rings. The standard InChI is InChI=1S/C32H38N4O3/c1-23(37)34-22-30(38)36(19-14-27(15-20-36)32(33)39)21-18-35-16-12-26(13-17-35)31-28-8-4-2-6-24(28)10-11-25-7-3-5-9-29(25)31/h2-11,27H,12-22H2,1H3,(H2-,33,34,37,39)/p+1. The maximum Gasteiger partial charge on any atom is 0.333 e. The monoisotopic (exact) mass is 527 g/mol. The Labute approximate surface area is 230 Å². The van der Waals surface area contributed by atoms with Crippen molar-refractivity contribution in [1.82, 2.24) is 10.2 Å². The number of nitrogens with one attached hydrogen (secondary N) is 1. The summed E-state index contributed by atoms with van der Waals surface area (Å²) >= 11 is 0. The van der Waals surface area contributed by atoms with E-state index in [0.29, 0.717) is 37.0 Å². The Balaban J connectivity index is 1.31. The van der Waals surface area contributed by atoms with Gasteiger partial charge in [0.25, 0.3) is 0 Å². The number of benzene rings is 2. The number of hydrogen-bond acceptors (Lipinski definition) is 4. The molecule has 2 aliphatic heterocycles. The molecule has 5 rings (SSSR count). The van der Waals surface area contributed by atoms with E-state index in [2.05, 4.69) is 70.9 Å². The van der Waals surface area contributed by atoms with Crippen LogP contribution < -0.4 is 11.1 Å². The van der Waals surface area contributed by atoms with Gasteiger partial charge in [0.05, 0.1) is 19.6 Å². The summed E-state index contributed by atoms with van der Waals surface area (Å²) in [5.41, 5.74) is 13.5. The van der Waals surface area contributed by atoms with Crippen LogP contribution in [-0.4, -0.2) is 72.9 Å². The van der Waals surface area contributed by atoms with Gasteiger partial charge < -0.3 is 11.1 Å². The highest BCUT2D eigenvalue weighted by Gasteiger charge is 2.42. The molecule has 3 aliphatic rings. The summed E-state index contributed by atoms with van der Waals surface area (Å²) < 4.78 is 0.306. The maximum absolute atomic E-state index is 13.3. The lowest BCUT2D eigenvalue weighted by atomic mass is 9.86. The Kier molecular flexibility index (Phi) is 8.10. The van der Waals surface area contributed by atoms with Crippen molar-refractivity contribution >= 4 is 35.4 Å². The van der Waals surface area contributed by atoms with E-state index in [9.17, 15) is 14.4 Å². The van der Waals surface area contributed by atoms with Gasteiger partial charge in [0.15, 0.2) is 0 Å². The van der Waals surface area contributed by atoms with Gasteiger partial charge in [0, 0.05) is 45.3 Å². The van der Waals surface area contributed by atoms with E-state index in [1.807, 2.05) is 0 Å². The van der Waals surface area contributed by atoms with Crippen LogP contribution in [0.4, 0.5) is 0 Å². The fourth-order valence-electron chi connectivity index (χ4n) is 6.39. The van der Waals surface area contributed by atoms with Gasteiger partial charge in [0.2, 0.25) is 11.8 Å². The molecule has 2 aromatic carbocycles. The van der Waals surface area contributed by atoms with Crippen molar-refractivity contribution in [1.29, 1.82) is 0 Å². The number of nitrogens with zero attached hydrogens (tertiary/aromatic N) is 2. The van der Waals surface area contributed by atoms with Gasteiger partial charge in [-0.1, -0.05) is 66.3 Å². The number of likely N-dealkylation sites (tertiary alicyclic amines) is 2. The van der Waals surface area contributed by atoms with E-state index in [0.717, 1.165) is 32.5 Å². The summed E-state index contributed by atoms with van der Waals surface area (Å²) in [6.45, 7) is 6.03. The molecule has 0 unspecified atom stereocenters. The third-order valence-corrected chi connectivity index (χ3v) is 8.79. The van der Waals surface area contributed by atoms with E-state index >= 15 is 0 Å². The average Bonchev–Trinajstić information content (AvgIpc) is 3.12. The predicted molar refractivity (Wildman–Crippen MR) is 154 cm³/mol. The summed E-state index contributed by atoms with van der Waals surface area (Å²) in [5.74, 6) is -0.640. The van der Waals surface area contributed by atoms with Crippen molar-refractivity contribution in [2.75, 3.05) is 45.8 Å². The quantitative estimate of drug-likeness (QED) is 0.481. The van der Waals surface area contributed by atoms with E-state index < -0.39 is 0 Å². The lowest BCUT2D eigenvalue weighted by molar-refractivity contribution is -0.859. The number of quaternary nitrogens is 1. The van der Waals surface area contributed by atoms with Crippen LogP contribution in [0.1, 0.15) is 54.9 Å². The molecule has 7 nitrogen and oxygen atoms in total. The van der Waals surface area contributed by atoms with E-state index in [1.165, 1.54) is 40.3 Å². The van der Waals surface area contributed by atoms with Crippen molar-refractivity contribution in [2.45, 2.75) is 32.6 Å². The van der Waals surface area contributed by atoms with Gasteiger partial charge in [-0.2, -0.15) is 0 Å². The van der Waals surface area contributed by atoms with Gasteiger partial charge >= 0.3 is 5.91 Å². The number of piperidine rings is 2. The lowest BCUT2D eigenvalue weighted by Crippen LogP contribution is -2.62. The molecule has 2 heterocycles. The number of primary amides is 1. The Morgan fingerprint density at radius 3 is 2.03 bits per heavy atom. The van der Waals surface area contributed by atoms with Crippen molar-refractivity contribution in [3.05, 3.63) is 76.4 Å². The second-order valence-electron chi connectivity index (χ2n) is 11.1. The molecule has 39 heavy (non-hydrogen) atoms. The Morgan fingerprint density at radius 1 is 0.923 bits per heavy atom. The third kappa shape index (κ3) is 5.89. The van der Waals surface area contributed by atoms with E-state index in [-0.39, 0.29) is 30.2 Å². The first kappa shape index (κ1) is 27.0. The molecular weight excluding hydrogens is 488 g/mol. The molecular formula is C32H39N4O3+. The second kappa shape index (κ2) is 11.7. The normalized spacial score (nSPS) is 22.9. The third-order valence-electron chi connectivity index (χ3n) is 8.79. The Bertz CT molecular complexity index is 1260. The van der Waals surface area contributed by atoms with Gasteiger partial charge in [-0.15, -0.1) is 0 Å². The van der Waals surface area contributed by atoms with Crippen LogP contribution in [0.5, 0.6) is 0 Å². The number of carbonyl (C=O) groups excluding carboxylic acids is 3. The summed E-state index contributed by atoms with van der Waals surface area (Å²) in [7, 11) is 0. The maximum atomic E-state index is 13.3. The zero-order valence-electron chi connectivity index (χ0n) is 22.8. The SMILES string of the molecule is CC(=O)NCC(=O)[N+]1(CCN2CCC(=C3c4ccccc4C=Cc4ccccc43)CC2)CCC(C(N)=O)CC1. The highest BCUT2D eigenvalue weighted by atomic mass is 16.2. The summed E-state index contributed by atoms with van der Waals surface area (Å²) in [4.78, 5) is 39.0. The minimum atomic E-state index is -0.282. The molecule has 7 heteroatoms. The molecule has 0 radical (unpaired) electrons. The zero-order chi connectivity index (χ0) is 27.4. The topological polar surface area (TPSA) is 92.5 Å². The highest BCUT2D eigenvalue weighted by molar-refractivity contribution is 5.95. The molecule has 1 aliphatic carbocycles. The van der Waals surface area contributed by atoms with Crippen LogP contribution in [-0.2, 0) is 14.4 Å². The van der Waals surface area contributed by atoms with Crippen molar-refractivity contribution in [3.8, 4) is 0 Å². The van der Waals surface area contributed by atoms with E-state index in [4.69, 9.17) is 5.73 Å². The molecule has 0 bridgehead atoms. The van der Waals surface area contributed by atoms with Crippen LogP contribution in [0.15, 0.2) is 54.1 Å². The molecule has 0 atom stereocenters. The molecule has 2 saturated heterocycles. The first-order valence-electron chi connectivity index (χ1n) is 14.1. The molecule has 3 N–H and O–H groups in total. The number of amides is 3. The number of rotatable bonds is 6. The summed E-state index contributed by atoms with van der Waals surface area (Å²) in [5, 5.41) is 2.68. The minimum Gasteiger partial charge on any atom is -0.369 e. The minimum absolute atomic E-state index is 0.0205. The van der Waals surface area contributed by atoms with Crippen LogP contribution in [0, 0.1) is 5.92 Å². The van der Waals surface area contributed by atoms with Crippen LogP contribution in [0.3, 0.4) is 0 Å². The van der Waals surface area contributed by atoms with Crippen molar-refractivity contribution in [3.63, 3.8) is 0 Å². The van der Waals surface area contributed by atoms with Crippen LogP contribution in [0.2, 0.25) is 0 Å². The number of carbonyl (C=O) groups is 3. The second-order valence-corrected chi connectivity index (χ2v) is 11.1. The van der Waals surface area contributed by atoms with Crippen LogP contribution in [0.25, 0.3) is 17.7 Å². The number of hydrogen-bond donors (Lipinski definition) is 2. The van der Waals surface area contributed by atoms with Crippen molar-refractivity contribution in [2.24, 2.45) is 11.7 Å². The highest BCUT2D eigenvalue weighted by Crippen LogP contribution is 2.38. The largest absolute Gasteiger partial charge is 0.369 e. The Hall–Kier alpha value is -3.55. The summed E-state index contributed by atoms with van der Waals surface area (Å²) in [6.07, 6.45) is 7.65. The smallest absolute Gasteiger partial charge is 0.333 e. The van der Waals surface area contributed by atoms with Gasteiger partial charge in [-0.25, -0.2) is 4.79 Å².